The Morgan fingerprint density at radius 3 is 2.43 bits per heavy atom. The third kappa shape index (κ3) is 3.83. The molecule has 1 fully saturated rings. The number of rotatable bonds is 5. The van der Waals surface area contributed by atoms with Crippen LogP contribution in [0.15, 0.2) is 24.3 Å². The van der Waals surface area contributed by atoms with Crippen LogP contribution in [0.5, 0.6) is 0 Å². The third-order valence-electron chi connectivity index (χ3n) is 4.69. The van der Waals surface area contributed by atoms with Crippen molar-refractivity contribution in [2.75, 3.05) is 40.3 Å². The Morgan fingerprint density at radius 1 is 1.24 bits per heavy atom. The summed E-state index contributed by atoms with van der Waals surface area (Å²) in [6, 6.07) is 8.97. The van der Waals surface area contributed by atoms with Crippen LogP contribution in [-0.2, 0) is 11.3 Å². The van der Waals surface area contributed by atoms with Gasteiger partial charge in [-0.25, -0.2) is 0 Å². The van der Waals surface area contributed by atoms with Gasteiger partial charge in [-0.15, -0.1) is 0 Å². The van der Waals surface area contributed by atoms with Crippen molar-refractivity contribution in [2.24, 2.45) is 5.73 Å². The molecular formula is C17H29N3O. The Kier molecular flexibility index (Phi) is 5.38. The van der Waals surface area contributed by atoms with E-state index in [1.54, 1.807) is 7.11 Å². The van der Waals surface area contributed by atoms with Crippen LogP contribution < -0.4 is 5.73 Å². The van der Waals surface area contributed by atoms with Gasteiger partial charge >= 0.3 is 0 Å². The maximum absolute atomic E-state index is 6.08. The fraction of sp³-hybridized carbons (Fsp3) is 0.647. The van der Waals surface area contributed by atoms with Crippen molar-refractivity contribution in [3.8, 4) is 0 Å². The largest absolute Gasteiger partial charge is 0.380 e. The van der Waals surface area contributed by atoms with Crippen LogP contribution in [0.25, 0.3) is 0 Å². The number of hydrogen-bond donors (Lipinski definition) is 1. The zero-order valence-corrected chi connectivity index (χ0v) is 13.8. The fourth-order valence-corrected chi connectivity index (χ4v) is 3.04. The zero-order chi connectivity index (χ0) is 15.5. The van der Waals surface area contributed by atoms with Gasteiger partial charge in [0.2, 0.25) is 0 Å². The molecule has 1 unspecified atom stereocenters. The van der Waals surface area contributed by atoms with Gasteiger partial charge in [-0.05, 0) is 32.0 Å². The molecule has 2 N–H and O–H groups in total. The van der Waals surface area contributed by atoms with E-state index >= 15 is 0 Å². The summed E-state index contributed by atoms with van der Waals surface area (Å²) >= 11 is 0. The van der Waals surface area contributed by atoms with E-state index in [0.29, 0.717) is 19.2 Å². The Balaban J connectivity index is 2.12. The van der Waals surface area contributed by atoms with Crippen molar-refractivity contribution in [2.45, 2.75) is 32.0 Å². The molecule has 1 aliphatic rings. The predicted molar refractivity (Wildman–Crippen MR) is 87.2 cm³/mol. The molecule has 1 heterocycles. The van der Waals surface area contributed by atoms with Crippen LogP contribution in [-0.4, -0.2) is 55.7 Å². The average molecular weight is 291 g/mol. The number of hydrogen-bond acceptors (Lipinski definition) is 4. The van der Waals surface area contributed by atoms with Gasteiger partial charge in [0.15, 0.2) is 0 Å². The lowest BCUT2D eigenvalue weighted by atomic mass is 9.95. The van der Waals surface area contributed by atoms with E-state index in [1.165, 1.54) is 11.1 Å². The minimum Gasteiger partial charge on any atom is -0.380 e. The van der Waals surface area contributed by atoms with E-state index in [9.17, 15) is 0 Å². The Bertz CT molecular complexity index is 444. The molecule has 1 aromatic carbocycles. The van der Waals surface area contributed by atoms with Crippen LogP contribution >= 0.6 is 0 Å². The lowest BCUT2D eigenvalue weighted by Crippen LogP contribution is -2.58. The molecule has 0 aliphatic carbocycles. The van der Waals surface area contributed by atoms with Gasteiger partial charge in [0.1, 0.15) is 0 Å². The van der Waals surface area contributed by atoms with Crippen molar-refractivity contribution in [3.63, 3.8) is 0 Å². The molecule has 4 heteroatoms. The van der Waals surface area contributed by atoms with Gasteiger partial charge in [0.25, 0.3) is 0 Å². The summed E-state index contributed by atoms with van der Waals surface area (Å²) in [7, 11) is 3.93. The molecule has 118 valence electrons. The van der Waals surface area contributed by atoms with Gasteiger partial charge in [-0.1, -0.05) is 24.3 Å². The number of ether oxygens (including phenoxy) is 1. The standard InChI is InChI=1S/C17H29N3O/c1-17(2)13-20(10-9-19(17)3)16(11-18)15-7-5-14(6-8-15)12-21-4/h5-8,16H,9-13,18H2,1-4H3. The number of nitrogens with zero attached hydrogens (tertiary/aromatic N) is 2. The van der Waals surface area contributed by atoms with E-state index in [4.69, 9.17) is 10.5 Å². The van der Waals surface area contributed by atoms with Gasteiger partial charge in [-0.3, -0.25) is 9.80 Å². The molecule has 2 rings (SSSR count). The van der Waals surface area contributed by atoms with E-state index in [1.807, 2.05) is 0 Å². The summed E-state index contributed by atoms with van der Waals surface area (Å²) in [6.45, 7) is 9.12. The van der Waals surface area contributed by atoms with Gasteiger partial charge in [0, 0.05) is 44.9 Å². The second-order valence-electron chi connectivity index (χ2n) is 6.63. The Labute approximate surface area is 128 Å². The number of nitrogens with two attached hydrogens (primary N) is 1. The van der Waals surface area contributed by atoms with Gasteiger partial charge in [-0.2, -0.15) is 0 Å². The Morgan fingerprint density at radius 2 is 1.90 bits per heavy atom. The number of benzene rings is 1. The van der Waals surface area contributed by atoms with Crippen molar-refractivity contribution < 1.29 is 4.74 Å². The summed E-state index contributed by atoms with van der Waals surface area (Å²) in [5.74, 6) is 0. The van der Waals surface area contributed by atoms with Crippen molar-refractivity contribution in [3.05, 3.63) is 35.4 Å². The lowest BCUT2D eigenvalue weighted by molar-refractivity contribution is 0.0180. The van der Waals surface area contributed by atoms with E-state index in [0.717, 1.165) is 19.6 Å². The normalized spacial score (nSPS) is 21.4. The summed E-state index contributed by atoms with van der Waals surface area (Å²) in [5.41, 5.74) is 8.78. The molecule has 4 nitrogen and oxygen atoms in total. The molecule has 0 amide bonds. The molecule has 1 atom stereocenters. The van der Waals surface area contributed by atoms with Gasteiger partial charge < -0.3 is 10.5 Å². The molecule has 0 saturated carbocycles. The van der Waals surface area contributed by atoms with Crippen LogP contribution in [0, 0.1) is 0 Å². The van der Waals surface area contributed by atoms with Crippen molar-refractivity contribution in [1.82, 2.24) is 9.80 Å². The summed E-state index contributed by atoms with van der Waals surface area (Å²) in [4.78, 5) is 4.95. The second-order valence-corrected chi connectivity index (χ2v) is 6.63. The van der Waals surface area contributed by atoms with Gasteiger partial charge in [0.05, 0.1) is 6.61 Å². The van der Waals surface area contributed by atoms with E-state index in [-0.39, 0.29) is 5.54 Å². The highest BCUT2D eigenvalue weighted by Crippen LogP contribution is 2.27. The zero-order valence-electron chi connectivity index (χ0n) is 13.8. The highest BCUT2D eigenvalue weighted by Gasteiger charge is 2.34. The second kappa shape index (κ2) is 6.88. The van der Waals surface area contributed by atoms with Crippen molar-refractivity contribution in [1.29, 1.82) is 0 Å². The van der Waals surface area contributed by atoms with E-state index in [2.05, 4.69) is 55.0 Å². The molecule has 0 radical (unpaired) electrons. The molecule has 21 heavy (non-hydrogen) atoms. The quantitative estimate of drug-likeness (QED) is 0.899. The van der Waals surface area contributed by atoms with Crippen molar-refractivity contribution >= 4 is 0 Å². The third-order valence-corrected chi connectivity index (χ3v) is 4.69. The lowest BCUT2D eigenvalue weighted by Gasteiger charge is -2.48. The first-order chi connectivity index (χ1) is 9.97. The molecule has 0 spiro atoms. The van der Waals surface area contributed by atoms with Crippen LogP contribution in [0.1, 0.15) is 31.0 Å². The fourth-order valence-electron chi connectivity index (χ4n) is 3.04. The first kappa shape index (κ1) is 16.4. The monoisotopic (exact) mass is 291 g/mol. The molecule has 1 aromatic rings. The highest BCUT2D eigenvalue weighted by atomic mass is 16.5. The topological polar surface area (TPSA) is 41.7 Å². The minimum absolute atomic E-state index is 0.196. The first-order valence-electron chi connectivity index (χ1n) is 7.71. The van der Waals surface area contributed by atoms with Crippen LogP contribution in [0.3, 0.4) is 0 Å². The highest BCUT2D eigenvalue weighted by molar-refractivity contribution is 5.25. The summed E-state index contributed by atoms with van der Waals surface area (Å²) in [5, 5.41) is 0. The number of methoxy groups -OCH3 is 1. The maximum Gasteiger partial charge on any atom is 0.0713 e. The Hall–Kier alpha value is -0.940. The maximum atomic E-state index is 6.08. The molecule has 1 aliphatic heterocycles. The number of piperazine rings is 1. The SMILES string of the molecule is COCc1ccc(C(CN)N2CCN(C)C(C)(C)C2)cc1. The van der Waals surface area contributed by atoms with E-state index < -0.39 is 0 Å². The van der Waals surface area contributed by atoms with Crippen LogP contribution in [0.4, 0.5) is 0 Å². The average Bonchev–Trinajstić information content (AvgIpc) is 2.45. The molecular weight excluding hydrogens is 262 g/mol. The molecule has 1 saturated heterocycles. The predicted octanol–water partition coefficient (Wildman–Crippen LogP) is 1.86. The smallest absolute Gasteiger partial charge is 0.0713 e. The molecule has 0 aromatic heterocycles. The number of likely N-dealkylation sites (N-methyl/N-ethyl adjacent to an activating group) is 1. The van der Waals surface area contributed by atoms with Crippen LogP contribution in [0.2, 0.25) is 0 Å². The summed E-state index contributed by atoms with van der Waals surface area (Å²) < 4.78 is 5.17. The summed E-state index contributed by atoms with van der Waals surface area (Å²) in [6.07, 6.45) is 0. The molecule has 0 bridgehead atoms. The minimum atomic E-state index is 0.196. The first-order valence-corrected chi connectivity index (χ1v) is 7.71.